The Kier molecular flexibility index (Phi) is 4.61. The van der Waals surface area contributed by atoms with Crippen LogP contribution in [0.15, 0.2) is 12.1 Å². The van der Waals surface area contributed by atoms with Crippen LogP contribution in [-0.4, -0.2) is 38.0 Å². The van der Waals surface area contributed by atoms with Gasteiger partial charge in [-0.3, -0.25) is 4.90 Å². The minimum absolute atomic E-state index is 0.300. The lowest BCUT2D eigenvalue weighted by molar-refractivity contribution is -0.143. The van der Waals surface area contributed by atoms with Crippen molar-refractivity contribution in [1.29, 1.82) is 0 Å². The van der Waals surface area contributed by atoms with Crippen LogP contribution in [0.1, 0.15) is 11.3 Å². The van der Waals surface area contributed by atoms with Crippen LogP contribution in [0.25, 0.3) is 0 Å². The van der Waals surface area contributed by atoms with Crippen LogP contribution in [0, 0.1) is 0 Å². The van der Waals surface area contributed by atoms with Crippen LogP contribution in [0.2, 0.25) is 4.34 Å². The first-order chi connectivity index (χ1) is 7.74. The lowest BCUT2D eigenvalue weighted by Crippen LogP contribution is -2.34. The molecule has 2 heterocycles. The van der Waals surface area contributed by atoms with Crippen molar-refractivity contribution in [2.24, 2.45) is 0 Å². The summed E-state index contributed by atoms with van der Waals surface area (Å²) in [7, 11) is 2.10. The Bertz CT molecular complexity index is 326. The summed E-state index contributed by atoms with van der Waals surface area (Å²) in [6.07, 6.45) is 1.28. The van der Waals surface area contributed by atoms with Gasteiger partial charge in [-0.2, -0.15) is 0 Å². The smallest absolute Gasteiger partial charge is 0.147 e. The lowest BCUT2D eigenvalue weighted by atomic mass is 10.2. The topological polar surface area (TPSA) is 21.7 Å². The highest BCUT2D eigenvalue weighted by atomic mass is 35.5. The fourth-order valence-electron chi connectivity index (χ4n) is 1.76. The number of ether oxygens (including phenoxy) is 2. The van der Waals surface area contributed by atoms with E-state index in [2.05, 4.69) is 18.0 Å². The summed E-state index contributed by atoms with van der Waals surface area (Å²) in [6.45, 7) is 3.11. The van der Waals surface area contributed by atoms with Gasteiger partial charge in [0.2, 0.25) is 0 Å². The molecule has 0 N–H and O–H groups in total. The van der Waals surface area contributed by atoms with E-state index in [4.69, 9.17) is 21.1 Å². The molecule has 1 saturated heterocycles. The number of rotatable bonds is 4. The Morgan fingerprint density at radius 1 is 1.56 bits per heavy atom. The molecular formula is C11H16ClNO2S. The molecule has 5 heteroatoms. The zero-order valence-electron chi connectivity index (χ0n) is 9.32. The number of halogens is 1. The predicted molar refractivity (Wildman–Crippen MR) is 66.0 cm³/mol. The van der Waals surface area contributed by atoms with E-state index in [0.717, 1.165) is 30.5 Å². The Balaban J connectivity index is 1.77. The summed E-state index contributed by atoms with van der Waals surface area (Å²) in [6, 6.07) is 4.02. The third-order valence-corrected chi connectivity index (χ3v) is 3.76. The molecule has 0 radical (unpaired) electrons. The average molecular weight is 262 g/mol. The van der Waals surface area contributed by atoms with E-state index in [1.165, 1.54) is 4.88 Å². The number of nitrogens with zero attached hydrogens (tertiary/aromatic N) is 1. The third-order valence-electron chi connectivity index (χ3n) is 2.54. The van der Waals surface area contributed by atoms with Crippen LogP contribution >= 0.6 is 22.9 Å². The Hall–Kier alpha value is -0.130. The molecule has 3 nitrogen and oxygen atoms in total. The number of hydrogen-bond acceptors (Lipinski definition) is 4. The SMILES string of the molecule is CN(Cc1ccc(Cl)s1)C[C@@H]1CCOCO1. The van der Waals surface area contributed by atoms with E-state index in [1.807, 2.05) is 6.07 Å². The minimum atomic E-state index is 0.300. The second kappa shape index (κ2) is 5.98. The fraction of sp³-hybridized carbons (Fsp3) is 0.636. The maximum Gasteiger partial charge on any atom is 0.147 e. The number of thiophene rings is 1. The highest BCUT2D eigenvalue weighted by Gasteiger charge is 2.16. The van der Waals surface area contributed by atoms with Gasteiger partial charge in [-0.1, -0.05) is 11.6 Å². The molecule has 90 valence electrons. The molecule has 1 aliphatic heterocycles. The van der Waals surface area contributed by atoms with Gasteiger partial charge >= 0.3 is 0 Å². The molecule has 0 saturated carbocycles. The van der Waals surface area contributed by atoms with Crippen LogP contribution in [0.4, 0.5) is 0 Å². The quantitative estimate of drug-likeness (QED) is 0.832. The molecule has 2 rings (SSSR count). The van der Waals surface area contributed by atoms with Crippen molar-refractivity contribution in [2.75, 3.05) is 27.0 Å². The molecule has 0 bridgehead atoms. The molecule has 16 heavy (non-hydrogen) atoms. The van der Waals surface area contributed by atoms with Crippen molar-refractivity contribution >= 4 is 22.9 Å². The Morgan fingerprint density at radius 2 is 2.44 bits per heavy atom. The summed E-state index contributed by atoms with van der Waals surface area (Å²) < 4.78 is 11.5. The van der Waals surface area contributed by atoms with Gasteiger partial charge in [-0.25, -0.2) is 0 Å². The van der Waals surface area contributed by atoms with E-state index in [9.17, 15) is 0 Å². The van der Waals surface area contributed by atoms with Crippen molar-refractivity contribution in [2.45, 2.75) is 19.1 Å². The standard InChI is InChI=1S/C11H16ClNO2S/c1-13(6-9-4-5-14-8-15-9)7-10-2-3-11(12)16-10/h2-3,9H,4-8H2,1H3/t9-/m0/s1. The van der Waals surface area contributed by atoms with Gasteiger partial charge < -0.3 is 9.47 Å². The normalized spacial score (nSPS) is 21.6. The van der Waals surface area contributed by atoms with Crippen molar-refractivity contribution in [3.63, 3.8) is 0 Å². The molecular weight excluding hydrogens is 246 g/mol. The largest absolute Gasteiger partial charge is 0.355 e. The van der Waals surface area contributed by atoms with Gasteiger partial charge in [0.05, 0.1) is 17.0 Å². The number of likely N-dealkylation sites (N-methyl/N-ethyl adjacent to an activating group) is 1. The molecule has 1 fully saturated rings. The molecule has 1 atom stereocenters. The van der Waals surface area contributed by atoms with E-state index < -0.39 is 0 Å². The van der Waals surface area contributed by atoms with Crippen LogP contribution in [0.5, 0.6) is 0 Å². The van der Waals surface area contributed by atoms with Gasteiger partial charge in [-0.15, -0.1) is 11.3 Å². The molecule has 1 aromatic heterocycles. The van der Waals surface area contributed by atoms with Crippen LogP contribution < -0.4 is 0 Å². The zero-order valence-corrected chi connectivity index (χ0v) is 10.9. The van der Waals surface area contributed by atoms with Crippen molar-refractivity contribution in [1.82, 2.24) is 4.90 Å². The first-order valence-electron chi connectivity index (χ1n) is 5.36. The molecule has 0 amide bonds. The monoisotopic (exact) mass is 261 g/mol. The van der Waals surface area contributed by atoms with Gasteiger partial charge in [-0.05, 0) is 25.6 Å². The molecule has 1 aliphatic rings. The van der Waals surface area contributed by atoms with E-state index in [-0.39, 0.29) is 0 Å². The third kappa shape index (κ3) is 3.71. The molecule has 1 aromatic rings. The van der Waals surface area contributed by atoms with Crippen molar-refractivity contribution in [3.8, 4) is 0 Å². The summed E-state index contributed by atoms with van der Waals surface area (Å²) in [5.41, 5.74) is 0. The molecule has 0 aliphatic carbocycles. The average Bonchev–Trinajstić information content (AvgIpc) is 2.65. The molecule has 0 aromatic carbocycles. The fourth-order valence-corrected chi connectivity index (χ4v) is 2.93. The second-order valence-corrected chi connectivity index (χ2v) is 5.81. The molecule has 0 spiro atoms. The maximum atomic E-state index is 5.89. The van der Waals surface area contributed by atoms with E-state index in [1.54, 1.807) is 11.3 Å². The van der Waals surface area contributed by atoms with E-state index in [0.29, 0.717) is 12.9 Å². The summed E-state index contributed by atoms with van der Waals surface area (Å²) >= 11 is 7.53. The van der Waals surface area contributed by atoms with Gasteiger partial charge in [0, 0.05) is 18.0 Å². The molecule has 0 unspecified atom stereocenters. The van der Waals surface area contributed by atoms with Crippen molar-refractivity contribution < 1.29 is 9.47 Å². The van der Waals surface area contributed by atoms with Gasteiger partial charge in [0.25, 0.3) is 0 Å². The Labute approximate surface area is 105 Å². The first-order valence-corrected chi connectivity index (χ1v) is 6.55. The van der Waals surface area contributed by atoms with Gasteiger partial charge in [0.15, 0.2) is 0 Å². The predicted octanol–water partition coefficient (Wildman–Crippen LogP) is 2.60. The lowest BCUT2D eigenvalue weighted by Gasteiger charge is -2.27. The minimum Gasteiger partial charge on any atom is -0.355 e. The maximum absolute atomic E-state index is 5.89. The van der Waals surface area contributed by atoms with Crippen LogP contribution in [0.3, 0.4) is 0 Å². The highest BCUT2D eigenvalue weighted by molar-refractivity contribution is 7.16. The van der Waals surface area contributed by atoms with Crippen molar-refractivity contribution in [3.05, 3.63) is 21.3 Å². The van der Waals surface area contributed by atoms with Crippen LogP contribution in [-0.2, 0) is 16.0 Å². The van der Waals surface area contributed by atoms with E-state index >= 15 is 0 Å². The number of hydrogen-bond donors (Lipinski definition) is 0. The zero-order chi connectivity index (χ0) is 11.4. The van der Waals surface area contributed by atoms with Gasteiger partial charge in [0.1, 0.15) is 6.79 Å². The summed E-state index contributed by atoms with van der Waals surface area (Å²) in [4.78, 5) is 3.55. The highest BCUT2D eigenvalue weighted by Crippen LogP contribution is 2.22. The Morgan fingerprint density at radius 3 is 3.06 bits per heavy atom. The first kappa shape index (κ1) is 12.3. The summed E-state index contributed by atoms with van der Waals surface area (Å²) in [5, 5.41) is 0. The second-order valence-electron chi connectivity index (χ2n) is 4.01. The summed E-state index contributed by atoms with van der Waals surface area (Å²) in [5.74, 6) is 0.